The summed E-state index contributed by atoms with van der Waals surface area (Å²) < 4.78 is 74.4. The number of hydrogen-bond acceptors (Lipinski definition) is 9. The molecule has 1 atom stereocenters. The molecular weight excluding hydrogens is 633 g/mol. The Morgan fingerprint density at radius 3 is 2.70 bits per heavy atom. The van der Waals surface area contributed by atoms with Gasteiger partial charge in [0.05, 0.1) is 29.7 Å². The van der Waals surface area contributed by atoms with Gasteiger partial charge in [-0.1, -0.05) is 6.92 Å². The number of hydrogen-bond donors (Lipinski definition) is 3. The zero-order valence-corrected chi connectivity index (χ0v) is 25.1. The van der Waals surface area contributed by atoms with E-state index in [1.54, 1.807) is 11.8 Å². The number of imidazole rings is 1. The van der Waals surface area contributed by atoms with Gasteiger partial charge in [-0.25, -0.2) is 18.7 Å². The summed E-state index contributed by atoms with van der Waals surface area (Å²) in [5.74, 6) is -0.778. The van der Waals surface area contributed by atoms with Gasteiger partial charge in [0.25, 0.3) is 18.8 Å². The van der Waals surface area contributed by atoms with Crippen LogP contribution in [-0.4, -0.2) is 86.0 Å². The average molecular weight is 664 g/mol. The minimum Gasteiger partial charge on any atom is -0.426 e. The molecule has 2 amide bonds. The maximum atomic E-state index is 13.8. The molecule has 47 heavy (non-hydrogen) atoms. The van der Waals surface area contributed by atoms with Crippen LogP contribution >= 0.6 is 0 Å². The maximum absolute atomic E-state index is 13.8. The molecule has 18 heteroatoms. The number of nitrogens with zero attached hydrogens (tertiary/aromatic N) is 6. The van der Waals surface area contributed by atoms with Gasteiger partial charge in [0.15, 0.2) is 22.9 Å². The lowest BCUT2D eigenvalue weighted by Crippen LogP contribution is -2.53. The Labute approximate surface area is 264 Å². The van der Waals surface area contributed by atoms with Crippen LogP contribution < -0.4 is 20.7 Å². The highest BCUT2D eigenvalue weighted by Crippen LogP contribution is 2.38. The first-order valence-corrected chi connectivity index (χ1v) is 14.5. The second kappa shape index (κ2) is 13.7. The van der Waals surface area contributed by atoms with Crippen molar-refractivity contribution in [2.45, 2.75) is 45.5 Å². The fourth-order valence-electron chi connectivity index (χ4n) is 5.38. The minimum atomic E-state index is -4.94. The number of carbonyl (C=O) groups is 3. The van der Waals surface area contributed by atoms with Gasteiger partial charge in [0.2, 0.25) is 5.91 Å². The average Bonchev–Trinajstić information content (AvgIpc) is 3.65. The number of carbonyl (C=O) groups excluding carboxylic acids is 3. The molecule has 0 saturated carbocycles. The molecular formula is C29H30F5N9O4. The van der Waals surface area contributed by atoms with Crippen molar-refractivity contribution in [2.24, 2.45) is 0 Å². The van der Waals surface area contributed by atoms with Crippen LogP contribution in [0.15, 0.2) is 36.9 Å². The van der Waals surface area contributed by atoms with Crippen molar-refractivity contribution < 1.29 is 41.1 Å². The molecule has 1 aliphatic heterocycles. The van der Waals surface area contributed by atoms with Crippen LogP contribution in [0.2, 0.25) is 0 Å². The van der Waals surface area contributed by atoms with E-state index in [9.17, 15) is 36.3 Å². The van der Waals surface area contributed by atoms with Crippen molar-refractivity contribution in [2.75, 3.05) is 31.5 Å². The number of piperazine rings is 1. The van der Waals surface area contributed by atoms with Crippen molar-refractivity contribution in [1.82, 2.24) is 39.7 Å². The summed E-state index contributed by atoms with van der Waals surface area (Å²) in [6.07, 6.45) is -3.03. The highest BCUT2D eigenvalue weighted by Gasteiger charge is 2.38. The van der Waals surface area contributed by atoms with E-state index in [2.05, 4.69) is 31.0 Å². The van der Waals surface area contributed by atoms with Crippen LogP contribution in [0.5, 0.6) is 5.75 Å². The van der Waals surface area contributed by atoms with Crippen molar-refractivity contribution >= 4 is 35.4 Å². The Morgan fingerprint density at radius 2 is 2.02 bits per heavy atom. The molecule has 1 unspecified atom stereocenters. The van der Waals surface area contributed by atoms with E-state index in [4.69, 9.17) is 4.74 Å². The summed E-state index contributed by atoms with van der Waals surface area (Å²) >= 11 is 0. The molecule has 4 aromatic rings. The van der Waals surface area contributed by atoms with Crippen LogP contribution in [0.3, 0.4) is 0 Å². The third kappa shape index (κ3) is 7.16. The molecule has 4 heterocycles. The van der Waals surface area contributed by atoms with Gasteiger partial charge in [-0.05, 0) is 25.5 Å². The standard InChI is InChI=1S/C29H30F5N9O4/c1-3-17-18(28(46)38-11-23(45)41-8-6-35-16(2)12-41)4-5-20(24(17)47-15-44)39-26-27-37-10-21(43(27)9-7-36-26)19-13-42(14-22(30)31)40-25(19)29(32,33)34/h4-5,7,9-10,13,15-16,22,35H,3,6,8,11-12,14H2,1-2H3,(H,36,39)(H,38,46). The molecule has 1 aromatic carbocycles. The van der Waals surface area contributed by atoms with E-state index < -0.39 is 36.3 Å². The number of fused-ring (bicyclic) bond motifs is 1. The fourth-order valence-corrected chi connectivity index (χ4v) is 5.38. The molecule has 5 rings (SSSR count). The molecule has 1 aliphatic rings. The van der Waals surface area contributed by atoms with Gasteiger partial charge >= 0.3 is 6.18 Å². The minimum absolute atomic E-state index is 0.0133. The fraction of sp³-hybridized carbons (Fsp3) is 0.379. The molecule has 1 saturated heterocycles. The predicted octanol–water partition coefficient (Wildman–Crippen LogP) is 3.27. The number of aromatic nitrogens is 5. The molecule has 1 fully saturated rings. The number of alkyl halides is 5. The molecule has 0 radical (unpaired) electrons. The number of nitrogens with one attached hydrogen (secondary N) is 3. The zero-order valence-electron chi connectivity index (χ0n) is 25.1. The summed E-state index contributed by atoms with van der Waals surface area (Å²) in [7, 11) is 0. The van der Waals surface area contributed by atoms with E-state index in [0.29, 0.717) is 29.9 Å². The first-order valence-electron chi connectivity index (χ1n) is 14.5. The Balaban J connectivity index is 1.44. The maximum Gasteiger partial charge on any atom is 0.435 e. The summed E-state index contributed by atoms with van der Waals surface area (Å²) in [4.78, 5) is 47.4. The third-order valence-corrected chi connectivity index (χ3v) is 7.46. The van der Waals surface area contributed by atoms with Gasteiger partial charge in [0, 0.05) is 55.4 Å². The quantitative estimate of drug-likeness (QED) is 0.163. The van der Waals surface area contributed by atoms with Gasteiger partial charge < -0.3 is 25.6 Å². The Kier molecular flexibility index (Phi) is 9.69. The number of ether oxygens (including phenoxy) is 1. The zero-order chi connectivity index (χ0) is 33.9. The van der Waals surface area contributed by atoms with E-state index in [1.807, 2.05) is 6.92 Å². The summed E-state index contributed by atoms with van der Waals surface area (Å²) in [6.45, 7) is 4.26. The van der Waals surface area contributed by atoms with Crippen LogP contribution in [0.25, 0.3) is 16.9 Å². The SMILES string of the molecule is CCc1c(C(=O)NCC(=O)N2CCNC(C)C2)ccc(Nc2nccn3c(-c4cn(CC(F)F)nc4C(F)(F)F)cnc23)c1OC=O. The molecule has 3 aromatic heterocycles. The second-order valence-electron chi connectivity index (χ2n) is 10.7. The Morgan fingerprint density at radius 1 is 1.23 bits per heavy atom. The molecule has 0 aliphatic carbocycles. The normalized spacial score (nSPS) is 15.2. The van der Waals surface area contributed by atoms with Gasteiger partial charge in [-0.2, -0.15) is 18.3 Å². The summed E-state index contributed by atoms with van der Waals surface area (Å²) in [5.41, 5.74) is -1.20. The van der Waals surface area contributed by atoms with Crippen LogP contribution in [0.4, 0.5) is 33.5 Å². The first-order chi connectivity index (χ1) is 22.4. The van der Waals surface area contributed by atoms with E-state index >= 15 is 0 Å². The van der Waals surface area contributed by atoms with Crippen molar-refractivity contribution in [3.05, 3.63) is 53.7 Å². The van der Waals surface area contributed by atoms with E-state index in [1.165, 1.54) is 28.9 Å². The smallest absolute Gasteiger partial charge is 0.426 e. The summed E-state index contributed by atoms with van der Waals surface area (Å²) in [6, 6.07) is 3.04. The van der Waals surface area contributed by atoms with Gasteiger partial charge in [0.1, 0.15) is 6.54 Å². The molecule has 0 spiro atoms. The van der Waals surface area contributed by atoms with Crippen LogP contribution in [-0.2, 0) is 28.7 Å². The Hall–Kier alpha value is -5.13. The topological polar surface area (TPSA) is 148 Å². The third-order valence-electron chi connectivity index (χ3n) is 7.46. The van der Waals surface area contributed by atoms with Gasteiger partial charge in [-0.15, -0.1) is 0 Å². The number of amides is 2. The molecule has 0 bridgehead atoms. The first kappa shape index (κ1) is 33.2. The summed E-state index contributed by atoms with van der Waals surface area (Å²) in [5, 5.41) is 12.2. The number of halogens is 5. The number of rotatable bonds is 11. The largest absolute Gasteiger partial charge is 0.435 e. The highest BCUT2D eigenvalue weighted by atomic mass is 19.4. The lowest BCUT2D eigenvalue weighted by Gasteiger charge is -2.32. The Bertz CT molecular complexity index is 1790. The lowest BCUT2D eigenvalue weighted by molar-refractivity contribution is -0.141. The molecule has 13 nitrogen and oxygen atoms in total. The molecule has 250 valence electrons. The van der Waals surface area contributed by atoms with Crippen molar-refractivity contribution in [1.29, 1.82) is 0 Å². The lowest BCUT2D eigenvalue weighted by atomic mass is 10.0. The monoisotopic (exact) mass is 663 g/mol. The predicted molar refractivity (Wildman–Crippen MR) is 157 cm³/mol. The highest BCUT2D eigenvalue weighted by molar-refractivity contribution is 5.99. The van der Waals surface area contributed by atoms with Gasteiger partial charge in [-0.3, -0.25) is 23.5 Å². The van der Waals surface area contributed by atoms with E-state index in [-0.39, 0.29) is 65.5 Å². The number of anilines is 2. The van der Waals surface area contributed by atoms with Crippen LogP contribution in [0.1, 0.15) is 35.5 Å². The van der Waals surface area contributed by atoms with Crippen LogP contribution in [0, 0.1) is 0 Å². The second-order valence-corrected chi connectivity index (χ2v) is 10.7. The van der Waals surface area contributed by atoms with Crippen molar-refractivity contribution in [3.8, 4) is 17.0 Å². The number of benzene rings is 1. The van der Waals surface area contributed by atoms with Crippen molar-refractivity contribution in [3.63, 3.8) is 0 Å². The van der Waals surface area contributed by atoms with E-state index in [0.717, 1.165) is 12.4 Å². The molecule has 3 N–H and O–H groups in total.